The number of hydrogen-bond acceptors (Lipinski definition) is 1. The lowest BCUT2D eigenvalue weighted by atomic mass is 9.57. The Labute approximate surface area is 99.3 Å². The van der Waals surface area contributed by atoms with E-state index in [4.69, 9.17) is 0 Å². The lowest BCUT2D eigenvalue weighted by molar-refractivity contribution is 0.0253. The summed E-state index contributed by atoms with van der Waals surface area (Å²) in [4.78, 5) is 0. The summed E-state index contributed by atoms with van der Waals surface area (Å²) in [6, 6.07) is 0. The summed E-state index contributed by atoms with van der Waals surface area (Å²) in [6.45, 7) is 10.6. The molecule has 16 heavy (non-hydrogen) atoms. The third kappa shape index (κ3) is 1.86. The minimum Gasteiger partial charge on any atom is -0.389 e. The average Bonchev–Trinajstić information content (AvgIpc) is 2.27. The Hall–Kier alpha value is -0.560. The van der Waals surface area contributed by atoms with Crippen molar-refractivity contribution in [3.63, 3.8) is 0 Å². The maximum absolute atomic E-state index is 10.0. The maximum atomic E-state index is 10.0. The van der Waals surface area contributed by atoms with Gasteiger partial charge in [0, 0.05) is 0 Å². The molecule has 5 unspecified atom stereocenters. The summed E-state index contributed by atoms with van der Waals surface area (Å²) >= 11 is 0. The van der Waals surface area contributed by atoms with Crippen LogP contribution < -0.4 is 0 Å². The first-order valence-corrected chi connectivity index (χ1v) is 6.53. The lowest BCUT2D eigenvalue weighted by Gasteiger charge is -2.48. The molecule has 1 fully saturated rings. The maximum Gasteiger partial charge on any atom is 0.0752 e. The highest BCUT2D eigenvalue weighted by atomic mass is 16.3. The minimum atomic E-state index is -0.321. The molecule has 0 amide bonds. The van der Waals surface area contributed by atoms with Crippen LogP contribution in [0.1, 0.15) is 33.6 Å². The van der Waals surface area contributed by atoms with Crippen LogP contribution in [0, 0.1) is 29.6 Å². The van der Waals surface area contributed by atoms with E-state index in [0.717, 1.165) is 18.3 Å². The number of aliphatic hydroxyl groups is 1. The first kappa shape index (κ1) is 11.9. The summed E-state index contributed by atoms with van der Waals surface area (Å²) in [7, 11) is 0. The molecule has 1 N–H and O–H groups in total. The van der Waals surface area contributed by atoms with Gasteiger partial charge >= 0.3 is 0 Å². The molecule has 1 saturated carbocycles. The van der Waals surface area contributed by atoms with Gasteiger partial charge in [-0.1, -0.05) is 31.6 Å². The number of allylic oxidation sites excluding steroid dienone is 2. The fourth-order valence-corrected chi connectivity index (χ4v) is 3.70. The van der Waals surface area contributed by atoms with Gasteiger partial charge in [0.05, 0.1) is 6.10 Å². The van der Waals surface area contributed by atoms with Gasteiger partial charge in [0.25, 0.3) is 0 Å². The second-order valence-electron chi connectivity index (χ2n) is 5.95. The molecular formula is C15H24O. The molecular weight excluding hydrogens is 196 g/mol. The van der Waals surface area contributed by atoms with E-state index in [1.54, 1.807) is 11.6 Å². The molecule has 0 aliphatic heterocycles. The fourth-order valence-electron chi connectivity index (χ4n) is 3.70. The largest absolute Gasteiger partial charge is 0.389 e. The molecule has 0 aromatic heterocycles. The van der Waals surface area contributed by atoms with Crippen molar-refractivity contribution in [1.82, 2.24) is 0 Å². The summed E-state index contributed by atoms with van der Waals surface area (Å²) in [5, 5.41) is 10.0. The van der Waals surface area contributed by atoms with Crippen molar-refractivity contribution in [3.8, 4) is 0 Å². The highest BCUT2D eigenvalue weighted by Crippen LogP contribution is 2.50. The molecule has 0 aromatic carbocycles. The number of fused-ring (bicyclic) bond motifs is 2. The van der Waals surface area contributed by atoms with E-state index in [1.807, 2.05) is 0 Å². The summed E-state index contributed by atoms with van der Waals surface area (Å²) in [5.41, 5.74) is 1.55. The molecule has 0 radical (unpaired) electrons. The van der Waals surface area contributed by atoms with Crippen LogP contribution in [0.5, 0.6) is 0 Å². The molecule has 3 rings (SSSR count). The van der Waals surface area contributed by atoms with Crippen molar-refractivity contribution >= 4 is 0 Å². The van der Waals surface area contributed by atoms with E-state index in [1.165, 1.54) is 6.42 Å². The van der Waals surface area contributed by atoms with Crippen LogP contribution in [0.15, 0.2) is 24.3 Å². The smallest absolute Gasteiger partial charge is 0.0752 e. The average molecular weight is 220 g/mol. The van der Waals surface area contributed by atoms with Crippen molar-refractivity contribution in [2.24, 2.45) is 29.6 Å². The third-order valence-electron chi connectivity index (χ3n) is 4.74. The molecule has 5 atom stereocenters. The Kier molecular flexibility index (Phi) is 3.25. The van der Waals surface area contributed by atoms with Crippen LogP contribution in [0.3, 0.4) is 0 Å². The molecule has 1 heteroatoms. The highest BCUT2D eigenvalue weighted by Gasteiger charge is 2.44. The number of rotatable bonds is 3. The van der Waals surface area contributed by atoms with Crippen molar-refractivity contribution in [3.05, 3.63) is 24.3 Å². The molecule has 1 nitrogen and oxygen atoms in total. The standard InChI is InChI=1S/C15H24O/c1-5-15(16)14-8-11-7-12(9(2)3)13(14)6-10(11)4/h5-6,9,11-16H,1,7-8H2,2-4H3. The highest BCUT2D eigenvalue weighted by molar-refractivity contribution is 5.19. The zero-order valence-electron chi connectivity index (χ0n) is 10.7. The van der Waals surface area contributed by atoms with Gasteiger partial charge < -0.3 is 5.11 Å². The van der Waals surface area contributed by atoms with Crippen LogP contribution in [-0.2, 0) is 0 Å². The van der Waals surface area contributed by atoms with Gasteiger partial charge in [0.2, 0.25) is 0 Å². The topological polar surface area (TPSA) is 20.2 Å². The van der Waals surface area contributed by atoms with E-state index >= 15 is 0 Å². The van der Waals surface area contributed by atoms with E-state index in [2.05, 4.69) is 33.4 Å². The molecule has 0 saturated heterocycles. The van der Waals surface area contributed by atoms with Crippen LogP contribution >= 0.6 is 0 Å². The first-order chi connectivity index (χ1) is 7.54. The van der Waals surface area contributed by atoms with Gasteiger partial charge in [0.15, 0.2) is 0 Å². The van der Waals surface area contributed by atoms with Gasteiger partial charge in [-0.25, -0.2) is 0 Å². The zero-order chi connectivity index (χ0) is 11.9. The molecule has 90 valence electrons. The summed E-state index contributed by atoms with van der Waals surface area (Å²) in [6.07, 6.45) is 6.30. The molecule has 3 aliphatic rings. The van der Waals surface area contributed by atoms with Crippen molar-refractivity contribution < 1.29 is 5.11 Å². The molecule has 0 heterocycles. The van der Waals surface area contributed by atoms with Gasteiger partial charge in [0.1, 0.15) is 0 Å². The van der Waals surface area contributed by atoms with Crippen molar-refractivity contribution in [1.29, 1.82) is 0 Å². The lowest BCUT2D eigenvalue weighted by Crippen LogP contribution is -2.43. The van der Waals surface area contributed by atoms with Crippen LogP contribution in [0.25, 0.3) is 0 Å². The Morgan fingerprint density at radius 1 is 1.38 bits per heavy atom. The van der Waals surface area contributed by atoms with E-state index in [-0.39, 0.29) is 6.10 Å². The number of hydrogen-bond donors (Lipinski definition) is 1. The fraction of sp³-hybridized carbons (Fsp3) is 0.733. The molecule has 0 spiro atoms. The van der Waals surface area contributed by atoms with Gasteiger partial charge in [-0.3, -0.25) is 0 Å². The second-order valence-corrected chi connectivity index (χ2v) is 5.95. The van der Waals surface area contributed by atoms with Crippen LogP contribution in [0.2, 0.25) is 0 Å². The summed E-state index contributed by atoms with van der Waals surface area (Å²) in [5.74, 6) is 3.15. The minimum absolute atomic E-state index is 0.321. The second kappa shape index (κ2) is 4.37. The normalized spacial score (nSPS) is 39.7. The van der Waals surface area contributed by atoms with E-state index < -0.39 is 0 Å². The third-order valence-corrected chi connectivity index (χ3v) is 4.74. The van der Waals surface area contributed by atoms with Crippen LogP contribution in [0.4, 0.5) is 0 Å². The Bertz CT molecular complexity index is 303. The quantitative estimate of drug-likeness (QED) is 0.723. The Morgan fingerprint density at radius 2 is 2.00 bits per heavy atom. The van der Waals surface area contributed by atoms with Gasteiger partial charge in [-0.05, 0) is 49.4 Å². The first-order valence-electron chi connectivity index (χ1n) is 6.53. The van der Waals surface area contributed by atoms with Gasteiger partial charge in [-0.15, -0.1) is 6.58 Å². The Morgan fingerprint density at radius 3 is 2.50 bits per heavy atom. The number of aliphatic hydroxyl groups excluding tert-OH is 1. The molecule has 3 aliphatic carbocycles. The molecule has 0 aromatic rings. The van der Waals surface area contributed by atoms with Crippen molar-refractivity contribution in [2.45, 2.75) is 39.7 Å². The SMILES string of the molecule is C=CC(O)C1CC2CC(C(C)C)C1C=C2C. The van der Waals surface area contributed by atoms with E-state index in [9.17, 15) is 5.11 Å². The van der Waals surface area contributed by atoms with Gasteiger partial charge in [-0.2, -0.15) is 0 Å². The predicted molar refractivity (Wildman–Crippen MR) is 68.0 cm³/mol. The monoisotopic (exact) mass is 220 g/mol. The van der Waals surface area contributed by atoms with E-state index in [0.29, 0.717) is 17.8 Å². The molecule has 2 bridgehead atoms. The zero-order valence-corrected chi connectivity index (χ0v) is 10.7. The Balaban J connectivity index is 2.25. The summed E-state index contributed by atoms with van der Waals surface area (Å²) < 4.78 is 0. The van der Waals surface area contributed by atoms with Crippen molar-refractivity contribution in [2.75, 3.05) is 0 Å². The predicted octanol–water partition coefficient (Wildman–Crippen LogP) is 3.41. The van der Waals surface area contributed by atoms with Crippen LogP contribution in [-0.4, -0.2) is 11.2 Å².